The first-order valence-electron chi connectivity index (χ1n) is 4.58. The van der Waals surface area contributed by atoms with Crippen molar-refractivity contribution < 1.29 is 0 Å². The largest absolute Gasteiger partial charge is 0.298 e. The van der Waals surface area contributed by atoms with Crippen LogP contribution in [-0.4, -0.2) is 10.2 Å². The number of hydrazine groups is 1. The van der Waals surface area contributed by atoms with Crippen molar-refractivity contribution in [2.75, 3.05) is 5.43 Å². The Morgan fingerprint density at radius 3 is 2.67 bits per heavy atom. The average molecular weight is 220 g/mol. The van der Waals surface area contributed by atoms with E-state index in [2.05, 4.69) is 47.7 Å². The minimum absolute atomic E-state index is 0.630. The molecule has 0 atom stereocenters. The Bertz CT molecular complexity index is 478. The summed E-state index contributed by atoms with van der Waals surface area (Å²) in [6.07, 6.45) is 0. The van der Waals surface area contributed by atoms with E-state index < -0.39 is 0 Å². The zero-order chi connectivity index (χ0) is 10.8. The van der Waals surface area contributed by atoms with Crippen molar-refractivity contribution in [1.82, 2.24) is 10.2 Å². The predicted molar refractivity (Wildman–Crippen MR) is 62.6 cm³/mol. The van der Waals surface area contributed by atoms with E-state index in [1.807, 2.05) is 0 Å². The van der Waals surface area contributed by atoms with Crippen LogP contribution in [0.3, 0.4) is 0 Å². The number of nitrogens with two attached hydrogens (primary N) is 1. The second-order valence-electron chi connectivity index (χ2n) is 3.38. The van der Waals surface area contributed by atoms with Gasteiger partial charge in [0.1, 0.15) is 5.01 Å². The highest BCUT2D eigenvalue weighted by molar-refractivity contribution is 7.18. The number of nitrogen functional groups attached to an aromatic ring is 1. The molecule has 4 nitrogen and oxygen atoms in total. The third-order valence-corrected chi connectivity index (χ3v) is 3.05. The van der Waals surface area contributed by atoms with Gasteiger partial charge in [-0.05, 0) is 19.4 Å². The standard InChI is InChI=1S/C10H12N4S/c1-6-3-4-8(7(2)5-6)9-13-14-10(12-11)15-9/h3-5H,11H2,1-2H3,(H,12,14). The van der Waals surface area contributed by atoms with Gasteiger partial charge < -0.3 is 0 Å². The van der Waals surface area contributed by atoms with Crippen molar-refractivity contribution in [3.05, 3.63) is 29.3 Å². The molecular weight excluding hydrogens is 208 g/mol. The third-order valence-electron chi connectivity index (χ3n) is 2.16. The number of hydrogen-bond acceptors (Lipinski definition) is 5. The maximum atomic E-state index is 5.26. The molecule has 0 radical (unpaired) electrons. The maximum absolute atomic E-state index is 5.26. The topological polar surface area (TPSA) is 63.8 Å². The smallest absolute Gasteiger partial charge is 0.220 e. The number of aromatic nitrogens is 2. The van der Waals surface area contributed by atoms with E-state index >= 15 is 0 Å². The fraction of sp³-hybridized carbons (Fsp3) is 0.200. The van der Waals surface area contributed by atoms with E-state index in [1.54, 1.807) is 0 Å². The third kappa shape index (κ3) is 1.98. The van der Waals surface area contributed by atoms with Crippen molar-refractivity contribution in [2.45, 2.75) is 13.8 Å². The molecule has 0 fully saturated rings. The van der Waals surface area contributed by atoms with Crippen molar-refractivity contribution in [3.8, 4) is 10.6 Å². The van der Waals surface area contributed by atoms with E-state index in [9.17, 15) is 0 Å². The first kappa shape index (κ1) is 10.1. The van der Waals surface area contributed by atoms with Gasteiger partial charge in [-0.1, -0.05) is 35.1 Å². The van der Waals surface area contributed by atoms with Crippen LogP contribution >= 0.6 is 11.3 Å². The van der Waals surface area contributed by atoms with Crippen LogP contribution in [0, 0.1) is 13.8 Å². The van der Waals surface area contributed by atoms with Crippen molar-refractivity contribution in [1.29, 1.82) is 0 Å². The van der Waals surface area contributed by atoms with Crippen LogP contribution in [0.5, 0.6) is 0 Å². The Morgan fingerprint density at radius 2 is 2.07 bits per heavy atom. The molecule has 0 aliphatic rings. The summed E-state index contributed by atoms with van der Waals surface area (Å²) in [5.74, 6) is 5.26. The van der Waals surface area contributed by atoms with Gasteiger partial charge in [-0.25, -0.2) is 5.84 Å². The van der Waals surface area contributed by atoms with Crippen LogP contribution in [0.2, 0.25) is 0 Å². The van der Waals surface area contributed by atoms with Gasteiger partial charge >= 0.3 is 0 Å². The fourth-order valence-corrected chi connectivity index (χ4v) is 2.19. The summed E-state index contributed by atoms with van der Waals surface area (Å²) in [6.45, 7) is 4.14. The predicted octanol–water partition coefficient (Wildman–Crippen LogP) is 2.11. The molecule has 0 spiro atoms. The van der Waals surface area contributed by atoms with E-state index in [4.69, 9.17) is 5.84 Å². The highest BCUT2D eigenvalue weighted by Gasteiger charge is 2.07. The van der Waals surface area contributed by atoms with Gasteiger partial charge in [0.15, 0.2) is 0 Å². The molecule has 2 aromatic rings. The van der Waals surface area contributed by atoms with Crippen LogP contribution in [0.1, 0.15) is 11.1 Å². The van der Waals surface area contributed by atoms with Gasteiger partial charge in [0, 0.05) is 5.56 Å². The lowest BCUT2D eigenvalue weighted by Gasteiger charge is -2.01. The van der Waals surface area contributed by atoms with Crippen LogP contribution < -0.4 is 11.3 Å². The Labute approximate surface area is 92.1 Å². The van der Waals surface area contributed by atoms with Crippen molar-refractivity contribution in [3.63, 3.8) is 0 Å². The molecule has 2 rings (SSSR count). The molecule has 0 amide bonds. The SMILES string of the molecule is Cc1ccc(-c2nnc(NN)s2)c(C)c1. The molecule has 0 saturated carbocycles. The average Bonchev–Trinajstić information content (AvgIpc) is 2.66. The number of nitrogens with one attached hydrogen (secondary N) is 1. The Balaban J connectivity index is 2.44. The minimum atomic E-state index is 0.630. The quantitative estimate of drug-likeness (QED) is 0.601. The van der Waals surface area contributed by atoms with Crippen LogP contribution in [0.15, 0.2) is 18.2 Å². The Hall–Kier alpha value is -1.46. The van der Waals surface area contributed by atoms with Gasteiger partial charge in [-0.2, -0.15) is 0 Å². The van der Waals surface area contributed by atoms with E-state index in [0.29, 0.717) is 5.13 Å². The summed E-state index contributed by atoms with van der Waals surface area (Å²) in [5.41, 5.74) is 6.06. The fourth-order valence-electron chi connectivity index (χ4n) is 1.44. The molecule has 1 aromatic heterocycles. The molecule has 0 saturated heterocycles. The maximum Gasteiger partial charge on any atom is 0.220 e. The molecule has 78 valence electrons. The molecule has 5 heteroatoms. The van der Waals surface area contributed by atoms with Gasteiger partial charge in [-0.3, -0.25) is 5.43 Å². The zero-order valence-electron chi connectivity index (χ0n) is 8.61. The lowest BCUT2D eigenvalue weighted by Crippen LogP contribution is -2.05. The summed E-state index contributed by atoms with van der Waals surface area (Å²) >= 11 is 1.45. The molecule has 1 aromatic carbocycles. The first-order valence-corrected chi connectivity index (χ1v) is 5.40. The zero-order valence-corrected chi connectivity index (χ0v) is 9.43. The lowest BCUT2D eigenvalue weighted by molar-refractivity contribution is 1.08. The highest BCUT2D eigenvalue weighted by atomic mass is 32.1. The molecule has 3 N–H and O–H groups in total. The molecule has 0 unspecified atom stereocenters. The second kappa shape index (κ2) is 3.96. The van der Waals surface area contributed by atoms with E-state index in [0.717, 1.165) is 10.6 Å². The first-order chi connectivity index (χ1) is 7.20. The van der Waals surface area contributed by atoms with Crippen LogP contribution in [0.4, 0.5) is 5.13 Å². The number of anilines is 1. The summed E-state index contributed by atoms with van der Waals surface area (Å²) in [5, 5.41) is 9.50. The summed E-state index contributed by atoms with van der Waals surface area (Å²) in [4.78, 5) is 0. The normalized spacial score (nSPS) is 10.3. The van der Waals surface area contributed by atoms with E-state index in [1.165, 1.54) is 22.5 Å². The molecule has 0 aliphatic carbocycles. The molecular formula is C10H12N4S. The minimum Gasteiger partial charge on any atom is -0.298 e. The number of hydrogen-bond donors (Lipinski definition) is 2. The molecule has 1 heterocycles. The van der Waals surface area contributed by atoms with Crippen molar-refractivity contribution in [2.24, 2.45) is 5.84 Å². The van der Waals surface area contributed by atoms with Crippen molar-refractivity contribution >= 4 is 16.5 Å². The Morgan fingerprint density at radius 1 is 1.27 bits per heavy atom. The van der Waals surface area contributed by atoms with Crippen LogP contribution in [0.25, 0.3) is 10.6 Å². The molecule has 0 bridgehead atoms. The molecule has 0 aliphatic heterocycles. The number of benzene rings is 1. The number of aryl methyl sites for hydroxylation is 2. The summed E-state index contributed by atoms with van der Waals surface area (Å²) in [6, 6.07) is 6.26. The monoisotopic (exact) mass is 220 g/mol. The van der Waals surface area contributed by atoms with E-state index in [-0.39, 0.29) is 0 Å². The van der Waals surface area contributed by atoms with Gasteiger partial charge in [-0.15, -0.1) is 10.2 Å². The van der Waals surface area contributed by atoms with Gasteiger partial charge in [0.25, 0.3) is 0 Å². The molecule has 15 heavy (non-hydrogen) atoms. The number of rotatable bonds is 2. The van der Waals surface area contributed by atoms with Gasteiger partial charge in [0.2, 0.25) is 5.13 Å². The second-order valence-corrected chi connectivity index (χ2v) is 4.35. The number of nitrogens with zero attached hydrogens (tertiary/aromatic N) is 2. The van der Waals surface area contributed by atoms with Crippen LogP contribution in [-0.2, 0) is 0 Å². The Kier molecular flexibility index (Phi) is 2.66. The lowest BCUT2D eigenvalue weighted by atomic mass is 10.1. The summed E-state index contributed by atoms with van der Waals surface area (Å²) in [7, 11) is 0. The highest BCUT2D eigenvalue weighted by Crippen LogP contribution is 2.28. The van der Waals surface area contributed by atoms with Gasteiger partial charge in [0.05, 0.1) is 0 Å². The summed E-state index contributed by atoms with van der Waals surface area (Å²) < 4.78 is 0.